The van der Waals surface area contributed by atoms with Crippen molar-refractivity contribution < 1.29 is 18.0 Å². The molecular formula is C29H45N5O4S. The topological polar surface area (TPSA) is 125 Å². The number of sulfonamides is 1. The Morgan fingerprint density at radius 2 is 1.64 bits per heavy atom. The Balaban J connectivity index is 1.42. The van der Waals surface area contributed by atoms with Gasteiger partial charge >= 0.3 is 6.03 Å². The third-order valence-electron chi connectivity index (χ3n) is 8.89. The number of urea groups is 1. The molecule has 216 valence electrons. The summed E-state index contributed by atoms with van der Waals surface area (Å²) in [6.45, 7) is 13.6. The smallest absolute Gasteiger partial charge is 0.318 e. The van der Waals surface area contributed by atoms with E-state index in [1.807, 2.05) is 26.0 Å². The molecule has 0 aromatic heterocycles. The molecule has 0 unspecified atom stereocenters. The molecule has 0 atom stereocenters. The van der Waals surface area contributed by atoms with E-state index >= 15 is 0 Å². The number of primary amides is 1. The summed E-state index contributed by atoms with van der Waals surface area (Å²) in [5.41, 5.74) is 8.38. The summed E-state index contributed by atoms with van der Waals surface area (Å²) >= 11 is 0. The van der Waals surface area contributed by atoms with Crippen LogP contribution in [0.2, 0.25) is 0 Å². The van der Waals surface area contributed by atoms with E-state index in [0.29, 0.717) is 24.9 Å². The van der Waals surface area contributed by atoms with Crippen LogP contribution in [0.25, 0.3) is 0 Å². The van der Waals surface area contributed by atoms with Crippen LogP contribution in [-0.4, -0.2) is 61.9 Å². The lowest BCUT2D eigenvalue weighted by Gasteiger charge is -2.44. The first-order valence-corrected chi connectivity index (χ1v) is 15.6. The molecule has 3 aliphatic rings. The van der Waals surface area contributed by atoms with Crippen LogP contribution in [-0.2, 0) is 21.2 Å². The van der Waals surface area contributed by atoms with Crippen LogP contribution in [0.4, 0.5) is 10.5 Å². The minimum absolute atomic E-state index is 0.0142. The van der Waals surface area contributed by atoms with Crippen molar-refractivity contribution in [1.29, 1.82) is 0 Å². The largest absolute Gasteiger partial charge is 0.351 e. The van der Waals surface area contributed by atoms with Gasteiger partial charge in [0.2, 0.25) is 10.0 Å². The zero-order valence-electron chi connectivity index (χ0n) is 24.6. The van der Waals surface area contributed by atoms with Gasteiger partial charge in [0.25, 0.3) is 5.91 Å². The fourth-order valence-electron chi connectivity index (χ4n) is 7.29. The molecule has 0 radical (unpaired) electrons. The molecule has 2 fully saturated rings. The molecule has 3 N–H and O–H groups in total. The molecule has 39 heavy (non-hydrogen) atoms. The molecule has 2 heterocycles. The van der Waals surface area contributed by atoms with Crippen LogP contribution in [0, 0.1) is 30.6 Å². The fraction of sp³-hybridized carbons (Fsp3) is 0.690. The second kappa shape index (κ2) is 10.2. The van der Waals surface area contributed by atoms with Crippen molar-refractivity contribution in [2.24, 2.45) is 27.5 Å². The number of anilines is 1. The first kappa shape index (κ1) is 29.5. The van der Waals surface area contributed by atoms with Gasteiger partial charge in [-0.1, -0.05) is 27.7 Å². The molecular weight excluding hydrogens is 514 g/mol. The summed E-state index contributed by atoms with van der Waals surface area (Å²) in [5, 5.41) is 3.10. The number of piperidine rings is 1. The molecule has 0 bridgehead atoms. The third kappa shape index (κ3) is 6.16. The molecule has 3 amide bonds. The summed E-state index contributed by atoms with van der Waals surface area (Å²) in [7, 11) is -1.91. The Morgan fingerprint density at radius 1 is 1.10 bits per heavy atom. The van der Waals surface area contributed by atoms with E-state index < -0.39 is 21.6 Å². The highest BCUT2D eigenvalue weighted by molar-refractivity contribution is 7.89. The second-order valence-electron chi connectivity index (χ2n) is 13.5. The average molecular weight is 560 g/mol. The van der Waals surface area contributed by atoms with E-state index in [0.717, 1.165) is 41.8 Å². The fourth-order valence-corrected chi connectivity index (χ4v) is 8.75. The van der Waals surface area contributed by atoms with E-state index in [1.165, 1.54) is 9.21 Å². The predicted molar refractivity (Wildman–Crippen MR) is 155 cm³/mol. The zero-order chi connectivity index (χ0) is 29.0. The Bertz CT molecular complexity index is 1250. The monoisotopic (exact) mass is 559 g/mol. The van der Waals surface area contributed by atoms with E-state index in [1.54, 1.807) is 7.05 Å². The van der Waals surface area contributed by atoms with Crippen molar-refractivity contribution in [1.82, 2.24) is 9.62 Å². The van der Waals surface area contributed by atoms with Crippen molar-refractivity contribution in [3.8, 4) is 0 Å². The number of aryl methyl sites for hydroxylation is 2. The lowest BCUT2D eigenvalue weighted by molar-refractivity contribution is -0.125. The number of nitrogens with two attached hydrogens (primary N) is 1. The van der Waals surface area contributed by atoms with Gasteiger partial charge < -0.3 is 11.1 Å². The number of amidine groups is 1. The Labute approximate surface area is 233 Å². The number of carbonyl (C=O) groups excluding carboxylic acids is 2. The number of hydrogen-bond donors (Lipinski definition) is 2. The molecule has 4 rings (SSSR count). The molecule has 1 aromatic rings. The van der Waals surface area contributed by atoms with Crippen molar-refractivity contribution in [2.75, 3.05) is 30.8 Å². The predicted octanol–water partition coefficient (Wildman–Crippen LogP) is 3.91. The van der Waals surface area contributed by atoms with Gasteiger partial charge in [0.1, 0.15) is 11.4 Å². The standard InChI is InChI=1S/C29H45N5O4S/c1-19-14-22(33(7)26(30)36)15-20(2)23(19)8-13-39(37,38)34-11-9-29(10-12-34)25(35)31-24(32-29)21-16-27(3,4)18-28(5,6)17-21/h14-15,21H,8-13,16-18H2,1-7H3,(H2,30,36)(H,31,32,35). The lowest BCUT2D eigenvalue weighted by atomic mass is 9.61. The highest BCUT2D eigenvalue weighted by Crippen LogP contribution is 2.49. The van der Waals surface area contributed by atoms with Crippen molar-refractivity contribution >= 4 is 33.5 Å². The quantitative estimate of drug-likeness (QED) is 0.548. The molecule has 1 saturated heterocycles. The first-order chi connectivity index (χ1) is 17.9. The maximum Gasteiger partial charge on any atom is 0.318 e. The number of carbonyl (C=O) groups is 2. The lowest BCUT2D eigenvalue weighted by Crippen LogP contribution is -2.51. The number of benzene rings is 1. The summed E-state index contributed by atoms with van der Waals surface area (Å²) in [5.74, 6) is 0.922. The molecule has 9 nitrogen and oxygen atoms in total. The third-order valence-corrected chi connectivity index (χ3v) is 10.8. The maximum absolute atomic E-state index is 13.3. The Hall–Kier alpha value is -2.46. The normalized spacial score (nSPS) is 22.9. The van der Waals surface area contributed by atoms with Gasteiger partial charge in [-0.3, -0.25) is 14.7 Å². The summed E-state index contributed by atoms with van der Waals surface area (Å²) in [4.78, 5) is 31.0. The highest BCUT2D eigenvalue weighted by atomic mass is 32.2. The van der Waals surface area contributed by atoms with E-state index in [-0.39, 0.29) is 41.5 Å². The average Bonchev–Trinajstić information content (AvgIpc) is 3.11. The first-order valence-electron chi connectivity index (χ1n) is 14.0. The number of hydrogen-bond acceptors (Lipinski definition) is 5. The van der Waals surface area contributed by atoms with Crippen LogP contribution in [0.15, 0.2) is 17.1 Å². The van der Waals surface area contributed by atoms with Crippen molar-refractivity contribution in [3.63, 3.8) is 0 Å². The number of amides is 3. The number of aliphatic imine (C=N–C) groups is 1. The summed E-state index contributed by atoms with van der Waals surface area (Å²) < 4.78 is 28.1. The number of nitrogens with one attached hydrogen (secondary N) is 1. The van der Waals surface area contributed by atoms with Gasteiger partial charge in [-0.2, -0.15) is 0 Å². The Morgan fingerprint density at radius 3 is 2.15 bits per heavy atom. The van der Waals surface area contributed by atoms with E-state index in [2.05, 4.69) is 33.0 Å². The van der Waals surface area contributed by atoms with Crippen LogP contribution in [0.1, 0.15) is 76.5 Å². The van der Waals surface area contributed by atoms with Crippen LogP contribution in [0.5, 0.6) is 0 Å². The van der Waals surface area contributed by atoms with Crippen molar-refractivity contribution in [2.45, 2.75) is 85.6 Å². The maximum atomic E-state index is 13.3. The molecule has 2 aliphatic heterocycles. The zero-order valence-corrected chi connectivity index (χ0v) is 25.4. The van der Waals surface area contributed by atoms with Gasteiger partial charge in [0.05, 0.1) is 5.75 Å². The van der Waals surface area contributed by atoms with Gasteiger partial charge in [-0.05, 0) is 92.0 Å². The van der Waals surface area contributed by atoms with Gasteiger partial charge in [-0.25, -0.2) is 17.5 Å². The summed E-state index contributed by atoms with van der Waals surface area (Å²) in [6, 6.07) is 3.16. The minimum atomic E-state index is -3.51. The SMILES string of the molecule is Cc1cc(N(C)C(N)=O)cc(C)c1CCS(=O)(=O)N1CCC2(CC1)N=C(C1CC(C)(C)CC(C)(C)C1)NC2=O. The molecule has 1 aromatic carbocycles. The number of rotatable bonds is 6. The van der Waals surface area contributed by atoms with Gasteiger partial charge in [0.15, 0.2) is 0 Å². The van der Waals surface area contributed by atoms with Crippen LogP contribution < -0.4 is 16.0 Å². The second-order valence-corrected chi connectivity index (χ2v) is 15.6. The van der Waals surface area contributed by atoms with Crippen molar-refractivity contribution in [3.05, 3.63) is 28.8 Å². The molecule has 10 heteroatoms. The van der Waals surface area contributed by atoms with Gasteiger partial charge in [-0.15, -0.1) is 0 Å². The molecule has 1 aliphatic carbocycles. The summed E-state index contributed by atoms with van der Waals surface area (Å²) in [6.07, 6.45) is 4.29. The molecule has 1 saturated carbocycles. The van der Waals surface area contributed by atoms with E-state index in [9.17, 15) is 18.0 Å². The highest BCUT2D eigenvalue weighted by Gasteiger charge is 2.50. The Kier molecular flexibility index (Phi) is 7.70. The molecule has 1 spiro atoms. The van der Waals surface area contributed by atoms with Crippen LogP contribution >= 0.6 is 0 Å². The minimum Gasteiger partial charge on any atom is -0.351 e. The number of nitrogens with zero attached hydrogens (tertiary/aromatic N) is 3. The van der Waals surface area contributed by atoms with E-state index in [4.69, 9.17) is 10.7 Å². The van der Waals surface area contributed by atoms with Crippen LogP contribution in [0.3, 0.4) is 0 Å². The van der Waals surface area contributed by atoms with Gasteiger partial charge in [0, 0.05) is 31.7 Å².